The van der Waals surface area contributed by atoms with Gasteiger partial charge >= 0.3 is 5.97 Å². The number of carboxylic acids is 1. The molecule has 0 fully saturated rings. The minimum Gasteiger partial charge on any atom is -0.481 e. The number of carbonyl (C=O) groups is 1. The van der Waals surface area contributed by atoms with Crippen molar-refractivity contribution in [3.05, 3.63) is 35.4 Å². The van der Waals surface area contributed by atoms with E-state index in [9.17, 15) is 13.6 Å². The molecule has 1 atom stereocenters. The monoisotopic (exact) mass is 229 g/mol. The van der Waals surface area contributed by atoms with E-state index >= 15 is 0 Å². The number of alkyl halides is 2. The summed E-state index contributed by atoms with van der Waals surface area (Å²) in [6.45, 7) is 0. The van der Waals surface area contributed by atoms with Crippen LogP contribution in [0, 0.1) is 0 Å². The van der Waals surface area contributed by atoms with Gasteiger partial charge < -0.3 is 10.4 Å². The number of nitrogens with one attached hydrogen (secondary N) is 1. The smallest absolute Gasteiger partial charge is 0.305 e. The van der Waals surface area contributed by atoms with Crippen LogP contribution in [0.25, 0.3) is 0 Å². The van der Waals surface area contributed by atoms with Crippen LogP contribution in [-0.2, 0) is 4.79 Å². The lowest BCUT2D eigenvalue weighted by atomic mass is 10.0. The van der Waals surface area contributed by atoms with Gasteiger partial charge in [0.05, 0.1) is 6.42 Å². The van der Waals surface area contributed by atoms with Gasteiger partial charge in [-0.15, -0.1) is 0 Å². The normalized spacial score (nSPS) is 12.8. The largest absolute Gasteiger partial charge is 0.481 e. The Kier molecular flexibility index (Phi) is 4.37. The Balaban J connectivity index is 2.82. The fourth-order valence-electron chi connectivity index (χ4n) is 1.43. The number of aliphatic carboxylic acids is 1. The Hall–Kier alpha value is -1.49. The van der Waals surface area contributed by atoms with E-state index in [0.29, 0.717) is 5.56 Å². The molecule has 1 unspecified atom stereocenters. The van der Waals surface area contributed by atoms with Crippen molar-refractivity contribution in [2.45, 2.75) is 18.9 Å². The predicted molar refractivity (Wildman–Crippen MR) is 55.5 cm³/mol. The lowest BCUT2D eigenvalue weighted by Crippen LogP contribution is -2.19. The molecule has 88 valence electrons. The van der Waals surface area contributed by atoms with Gasteiger partial charge in [0.15, 0.2) is 0 Å². The summed E-state index contributed by atoms with van der Waals surface area (Å²) in [5, 5.41) is 11.5. The maximum atomic E-state index is 12.3. The molecule has 0 aromatic heterocycles. The standard InChI is InChI=1S/C11H13F2NO2/c1-14-9(6-10(15)16)7-2-4-8(5-3-7)11(12)13/h2-5,9,11,14H,6H2,1H3,(H,15,16). The van der Waals surface area contributed by atoms with Crippen LogP contribution in [0.4, 0.5) is 8.78 Å². The molecular weight excluding hydrogens is 216 g/mol. The van der Waals surface area contributed by atoms with E-state index in [0.717, 1.165) is 0 Å². The van der Waals surface area contributed by atoms with Crippen molar-refractivity contribution in [1.29, 1.82) is 0 Å². The van der Waals surface area contributed by atoms with Crippen LogP contribution in [0.15, 0.2) is 24.3 Å². The fourth-order valence-corrected chi connectivity index (χ4v) is 1.43. The van der Waals surface area contributed by atoms with Crippen LogP contribution in [-0.4, -0.2) is 18.1 Å². The van der Waals surface area contributed by atoms with Crippen LogP contribution in [0.3, 0.4) is 0 Å². The summed E-state index contributed by atoms with van der Waals surface area (Å²) < 4.78 is 24.6. The molecular formula is C11H13F2NO2. The molecule has 2 N–H and O–H groups in total. The van der Waals surface area contributed by atoms with Gasteiger partial charge in [-0.2, -0.15) is 0 Å². The zero-order chi connectivity index (χ0) is 12.1. The first-order valence-electron chi connectivity index (χ1n) is 4.81. The van der Waals surface area contributed by atoms with Crippen LogP contribution < -0.4 is 5.32 Å². The summed E-state index contributed by atoms with van der Waals surface area (Å²) in [6, 6.07) is 5.31. The third-order valence-corrected chi connectivity index (χ3v) is 2.32. The predicted octanol–water partition coefficient (Wildman–Crippen LogP) is 2.36. The topological polar surface area (TPSA) is 49.3 Å². The molecule has 0 radical (unpaired) electrons. The van der Waals surface area contributed by atoms with Crippen molar-refractivity contribution < 1.29 is 18.7 Å². The van der Waals surface area contributed by atoms with Gasteiger partial charge in [0.2, 0.25) is 0 Å². The van der Waals surface area contributed by atoms with E-state index in [1.54, 1.807) is 7.05 Å². The van der Waals surface area contributed by atoms with E-state index in [1.165, 1.54) is 24.3 Å². The van der Waals surface area contributed by atoms with Crippen molar-refractivity contribution in [1.82, 2.24) is 5.32 Å². The fraction of sp³-hybridized carbons (Fsp3) is 0.364. The summed E-state index contributed by atoms with van der Waals surface area (Å²) in [5.74, 6) is -0.933. The van der Waals surface area contributed by atoms with E-state index < -0.39 is 12.4 Å². The van der Waals surface area contributed by atoms with Crippen molar-refractivity contribution in [2.75, 3.05) is 7.05 Å². The van der Waals surface area contributed by atoms with Gasteiger partial charge in [-0.1, -0.05) is 24.3 Å². The molecule has 1 rings (SSSR count). The second-order valence-corrected chi connectivity index (χ2v) is 3.41. The Morgan fingerprint density at radius 2 is 1.81 bits per heavy atom. The third-order valence-electron chi connectivity index (χ3n) is 2.32. The number of carboxylic acid groups (broad SMARTS) is 1. The molecule has 5 heteroatoms. The molecule has 1 aromatic rings. The summed E-state index contributed by atoms with van der Waals surface area (Å²) in [5.41, 5.74) is 0.628. The van der Waals surface area contributed by atoms with Crippen LogP contribution in [0.2, 0.25) is 0 Å². The molecule has 3 nitrogen and oxygen atoms in total. The molecule has 1 aromatic carbocycles. The Morgan fingerprint density at radius 3 is 2.19 bits per heavy atom. The molecule has 0 amide bonds. The van der Waals surface area contributed by atoms with Crippen molar-refractivity contribution in [3.8, 4) is 0 Å². The first-order valence-corrected chi connectivity index (χ1v) is 4.81. The highest BCUT2D eigenvalue weighted by molar-refractivity contribution is 5.67. The molecule has 16 heavy (non-hydrogen) atoms. The van der Waals surface area contributed by atoms with Crippen LogP contribution in [0.1, 0.15) is 30.0 Å². The second-order valence-electron chi connectivity index (χ2n) is 3.41. The van der Waals surface area contributed by atoms with E-state index in [2.05, 4.69) is 5.32 Å². The molecule has 0 spiro atoms. The first-order chi connectivity index (χ1) is 7.54. The number of benzene rings is 1. The van der Waals surface area contributed by atoms with Gasteiger partial charge in [0.1, 0.15) is 0 Å². The summed E-state index contributed by atoms with van der Waals surface area (Å²) in [6.07, 6.45) is -2.58. The zero-order valence-corrected chi connectivity index (χ0v) is 8.78. The third kappa shape index (κ3) is 3.27. The van der Waals surface area contributed by atoms with E-state index in [-0.39, 0.29) is 18.0 Å². The lowest BCUT2D eigenvalue weighted by molar-refractivity contribution is -0.137. The molecule has 0 aliphatic rings. The van der Waals surface area contributed by atoms with Crippen molar-refractivity contribution in [2.24, 2.45) is 0 Å². The average molecular weight is 229 g/mol. The van der Waals surface area contributed by atoms with Gasteiger partial charge in [0.25, 0.3) is 6.43 Å². The molecule has 0 heterocycles. The summed E-state index contributed by atoms with van der Waals surface area (Å²) >= 11 is 0. The Labute approximate surface area is 92.1 Å². The van der Waals surface area contributed by atoms with Crippen LogP contribution >= 0.6 is 0 Å². The second kappa shape index (κ2) is 5.55. The summed E-state index contributed by atoms with van der Waals surface area (Å²) in [7, 11) is 1.63. The Morgan fingerprint density at radius 1 is 1.31 bits per heavy atom. The first kappa shape index (κ1) is 12.6. The Bertz CT molecular complexity index is 352. The lowest BCUT2D eigenvalue weighted by Gasteiger charge is -2.14. The van der Waals surface area contributed by atoms with Gasteiger partial charge in [-0.05, 0) is 12.6 Å². The summed E-state index contributed by atoms with van der Waals surface area (Å²) in [4.78, 5) is 10.6. The molecule has 0 bridgehead atoms. The maximum Gasteiger partial charge on any atom is 0.305 e. The quantitative estimate of drug-likeness (QED) is 0.814. The number of rotatable bonds is 5. The highest BCUT2D eigenvalue weighted by atomic mass is 19.3. The molecule has 0 aliphatic carbocycles. The number of halogens is 2. The molecule has 0 saturated carbocycles. The maximum absolute atomic E-state index is 12.3. The van der Waals surface area contributed by atoms with Crippen molar-refractivity contribution >= 4 is 5.97 Å². The van der Waals surface area contributed by atoms with Gasteiger partial charge in [-0.25, -0.2) is 8.78 Å². The SMILES string of the molecule is CNC(CC(=O)O)c1ccc(C(F)F)cc1. The molecule has 0 aliphatic heterocycles. The number of hydrogen-bond donors (Lipinski definition) is 2. The van der Waals surface area contributed by atoms with E-state index in [4.69, 9.17) is 5.11 Å². The van der Waals surface area contributed by atoms with Gasteiger partial charge in [0, 0.05) is 11.6 Å². The zero-order valence-electron chi connectivity index (χ0n) is 8.78. The average Bonchev–Trinajstić information content (AvgIpc) is 2.25. The minimum absolute atomic E-state index is 0.0612. The van der Waals surface area contributed by atoms with Crippen molar-refractivity contribution in [3.63, 3.8) is 0 Å². The van der Waals surface area contributed by atoms with Gasteiger partial charge in [-0.3, -0.25) is 4.79 Å². The van der Waals surface area contributed by atoms with E-state index in [1.807, 2.05) is 0 Å². The highest BCUT2D eigenvalue weighted by Gasteiger charge is 2.14. The highest BCUT2D eigenvalue weighted by Crippen LogP contribution is 2.22. The molecule has 0 saturated heterocycles. The minimum atomic E-state index is -2.50. The van der Waals surface area contributed by atoms with Crippen LogP contribution in [0.5, 0.6) is 0 Å². The number of hydrogen-bond acceptors (Lipinski definition) is 2.